The summed E-state index contributed by atoms with van der Waals surface area (Å²) in [6.07, 6.45) is 1.38. The molecule has 0 saturated carbocycles. The molecule has 0 radical (unpaired) electrons. The van der Waals surface area contributed by atoms with Crippen LogP contribution in [0.1, 0.15) is 10.4 Å². The molecule has 3 rings (SSSR count). The highest BCUT2D eigenvalue weighted by Crippen LogP contribution is 2.27. The molecule has 0 unspecified atom stereocenters. The van der Waals surface area contributed by atoms with Crippen LogP contribution in [0.4, 0.5) is 5.69 Å². The number of phenols is 1. The second kappa shape index (κ2) is 6.62. The van der Waals surface area contributed by atoms with Crippen LogP contribution in [0.2, 0.25) is 24.7 Å². The molecule has 1 heterocycles. The zero-order valence-electron chi connectivity index (χ0n) is 14.7. The third kappa shape index (κ3) is 3.38. The summed E-state index contributed by atoms with van der Waals surface area (Å²) < 4.78 is 0. The van der Waals surface area contributed by atoms with Crippen LogP contribution in [0.3, 0.4) is 0 Å². The largest absolute Gasteiger partial charge is 0.508 e. The SMILES string of the molecule is C[Si](C)(C)c1cc(Cl)c(NC(=O)c2c[nH]c3ccccc3c2=O)cc1O. The highest BCUT2D eigenvalue weighted by molar-refractivity contribution is 6.89. The molecule has 1 aromatic heterocycles. The molecule has 0 aliphatic carbocycles. The van der Waals surface area contributed by atoms with Gasteiger partial charge in [0.1, 0.15) is 11.3 Å². The fraction of sp³-hybridized carbons (Fsp3) is 0.158. The number of amides is 1. The number of benzene rings is 2. The van der Waals surface area contributed by atoms with Gasteiger partial charge in [-0.15, -0.1) is 0 Å². The van der Waals surface area contributed by atoms with Crippen LogP contribution >= 0.6 is 11.6 Å². The molecule has 0 fully saturated rings. The van der Waals surface area contributed by atoms with E-state index in [4.69, 9.17) is 11.6 Å². The number of halogens is 1. The number of hydrogen-bond donors (Lipinski definition) is 3. The quantitative estimate of drug-likeness (QED) is 0.600. The molecule has 26 heavy (non-hydrogen) atoms. The Morgan fingerprint density at radius 3 is 2.58 bits per heavy atom. The number of carbonyl (C=O) groups is 1. The third-order valence-corrected chi connectivity index (χ3v) is 6.50. The number of phenolic OH excluding ortho intramolecular Hbond substituents is 1. The van der Waals surface area contributed by atoms with E-state index in [-0.39, 0.29) is 22.4 Å². The predicted molar refractivity (Wildman–Crippen MR) is 109 cm³/mol. The fourth-order valence-corrected chi connectivity index (χ4v) is 4.50. The Morgan fingerprint density at radius 2 is 1.88 bits per heavy atom. The number of nitrogens with one attached hydrogen (secondary N) is 2. The lowest BCUT2D eigenvalue weighted by atomic mass is 10.1. The molecule has 0 spiro atoms. The van der Waals surface area contributed by atoms with Crippen molar-refractivity contribution < 1.29 is 9.90 Å². The summed E-state index contributed by atoms with van der Waals surface area (Å²) in [7, 11) is -1.78. The van der Waals surface area contributed by atoms with E-state index < -0.39 is 14.0 Å². The lowest BCUT2D eigenvalue weighted by molar-refractivity contribution is 0.102. The highest BCUT2D eigenvalue weighted by atomic mass is 35.5. The van der Waals surface area contributed by atoms with E-state index >= 15 is 0 Å². The number of anilines is 1. The average molecular weight is 387 g/mol. The smallest absolute Gasteiger partial charge is 0.261 e. The van der Waals surface area contributed by atoms with Gasteiger partial charge < -0.3 is 15.4 Å². The summed E-state index contributed by atoms with van der Waals surface area (Å²) >= 11 is 6.28. The number of carbonyl (C=O) groups excluding carboxylic acids is 1. The molecule has 0 bridgehead atoms. The molecule has 0 atom stereocenters. The van der Waals surface area contributed by atoms with E-state index in [1.165, 1.54) is 12.3 Å². The van der Waals surface area contributed by atoms with Crippen LogP contribution in [0.15, 0.2) is 47.4 Å². The van der Waals surface area contributed by atoms with E-state index in [0.717, 1.165) is 5.19 Å². The van der Waals surface area contributed by atoms with Crippen molar-refractivity contribution in [2.24, 2.45) is 0 Å². The Bertz CT molecular complexity index is 1070. The van der Waals surface area contributed by atoms with Gasteiger partial charge in [0.05, 0.1) is 18.8 Å². The van der Waals surface area contributed by atoms with Gasteiger partial charge in [-0.3, -0.25) is 9.59 Å². The first-order valence-corrected chi connectivity index (χ1v) is 12.0. The second-order valence-corrected chi connectivity index (χ2v) is 12.6. The molecule has 0 aliphatic heterocycles. The van der Waals surface area contributed by atoms with Gasteiger partial charge >= 0.3 is 0 Å². The monoisotopic (exact) mass is 386 g/mol. The maximum atomic E-state index is 12.6. The Kier molecular flexibility index (Phi) is 4.64. The van der Waals surface area contributed by atoms with E-state index in [1.54, 1.807) is 30.3 Å². The van der Waals surface area contributed by atoms with Gasteiger partial charge in [-0.2, -0.15) is 0 Å². The summed E-state index contributed by atoms with van der Waals surface area (Å²) in [5.74, 6) is -0.490. The van der Waals surface area contributed by atoms with Gasteiger partial charge in [-0.05, 0) is 23.4 Å². The minimum absolute atomic E-state index is 0.0199. The average Bonchev–Trinajstić information content (AvgIpc) is 2.57. The van der Waals surface area contributed by atoms with Crippen LogP contribution in [0.25, 0.3) is 10.9 Å². The second-order valence-electron chi connectivity index (χ2n) is 7.13. The fourth-order valence-electron chi connectivity index (χ4n) is 2.78. The number of pyridine rings is 1. The van der Waals surface area contributed by atoms with Crippen LogP contribution in [0, 0.1) is 0 Å². The van der Waals surface area contributed by atoms with Crippen molar-refractivity contribution in [2.75, 3.05) is 5.32 Å². The molecule has 0 aliphatic rings. The van der Waals surface area contributed by atoms with Gasteiger partial charge in [0, 0.05) is 23.2 Å². The number of hydrogen-bond acceptors (Lipinski definition) is 3. The molecular weight excluding hydrogens is 368 g/mol. The molecule has 3 N–H and O–H groups in total. The van der Waals surface area contributed by atoms with Crippen molar-refractivity contribution in [1.29, 1.82) is 0 Å². The lowest BCUT2D eigenvalue weighted by Crippen LogP contribution is -2.37. The standard InChI is InChI=1S/C19H19ClN2O3Si/c1-26(2,3)17-8-13(20)15(9-16(17)23)22-19(25)12-10-21-14-7-5-4-6-11(14)18(12)24/h4-10,23H,1-3H3,(H,21,24)(H,22,25). The Hall–Kier alpha value is -2.57. The van der Waals surface area contributed by atoms with Crippen molar-refractivity contribution in [3.05, 3.63) is 63.4 Å². The van der Waals surface area contributed by atoms with Gasteiger partial charge in [0.15, 0.2) is 0 Å². The van der Waals surface area contributed by atoms with Crippen molar-refractivity contribution >= 4 is 47.4 Å². The van der Waals surface area contributed by atoms with Gasteiger partial charge in [-0.25, -0.2) is 0 Å². The number of aromatic nitrogens is 1. The molecule has 134 valence electrons. The number of aromatic amines is 1. The van der Waals surface area contributed by atoms with Gasteiger partial charge in [0.25, 0.3) is 5.91 Å². The Morgan fingerprint density at radius 1 is 1.19 bits per heavy atom. The number of fused-ring (bicyclic) bond motifs is 1. The minimum Gasteiger partial charge on any atom is -0.508 e. The number of rotatable bonds is 3. The van der Waals surface area contributed by atoms with Crippen LogP contribution in [-0.2, 0) is 0 Å². The lowest BCUT2D eigenvalue weighted by Gasteiger charge is -2.20. The van der Waals surface area contributed by atoms with Crippen LogP contribution in [0.5, 0.6) is 5.75 Å². The first kappa shape index (κ1) is 18.2. The molecule has 2 aromatic carbocycles. The summed E-state index contributed by atoms with van der Waals surface area (Å²) in [4.78, 5) is 28.0. The maximum Gasteiger partial charge on any atom is 0.261 e. The summed E-state index contributed by atoms with van der Waals surface area (Å²) in [5, 5.41) is 14.5. The summed E-state index contributed by atoms with van der Waals surface area (Å²) in [6.45, 7) is 6.27. The normalized spacial score (nSPS) is 11.5. The van der Waals surface area contributed by atoms with E-state index in [1.807, 2.05) is 0 Å². The zero-order chi connectivity index (χ0) is 19.1. The maximum absolute atomic E-state index is 12.6. The summed E-state index contributed by atoms with van der Waals surface area (Å²) in [5.41, 5.74) is 0.539. The predicted octanol–water partition coefficient (Wildman–Crippen LogP) is 3.68. The van der Waals surface area contributed by atoms with E-state index in [2.05, 4.69) is 29.9 Å². The Labute approximate surface area is 156 Å². The number of para-hydroxylation sites is 1. The number of H-pyrrole nitrogens is 1. The first-order chi connectivity index (χ1) is 12.2. The highest BCUT2D eigenvalue weighted by Gasteiger charge is 2.23. The molecule has 1 amide bonds. The van der Waals surface area contributed by atoms with Gasteiger partial charge in [0.2, 0.25) is 5.43 Å². The molecule has 5 nitrogen and oxygen atoms in total. The van der Waals surface area contributed by atoms with Crippen LogP contribution in [-0.4, -0.2) is 24.1 Å². The van der Waals surface area contributed by atoms with Crippen molar-refractivity contribution in [1.82, 2.24) is 4.98 Å². The van der Waals surface area contributed by atoms with Crippen molar-refractivity contribution in [3.63, 3.8) is 0 Å². The molecule has 7 heteroatoms. The topological polar surface area (TPSA) is 82.2 Å². The number of aromatic hydroxyl groups is 1. The summed E-state index contributed by atoms with van der Waals surface area (Å²) in [6, 6.07) is 10.1. The van der Waals surface area contributed by atoms with E-state index in [9.17, 15) is 14.7 Å². The third-order valence-electron chi connectivity index (χ3n) is 4.17. The molecular formula is C19H19ClN2O3Si. The van der Waals surface area contributed by atoms with Crippen LogP contribution < -0.4 is 15.9 Å². The van der Waals surface area contributed by atoms with Crippen molar-refractivity contribution in [2.45, 2.75) is 19.6 Å². The zero-order valence-corrected chi connectivity index (χ0v) is 16.4. The van der Waals surface area contributed by atoms with Gasteiger partial charge in [-0.1, -0.05) is 43.4 Å². The van der Waals surface area contributed by atoms with E-state index in [0.29, 0.717) is 15.9 Å². The molecule has 3 aromatic rings. The first-order valence-electron chi connectivity index (χ1n) is 8.13. The molecule has 0 saturated heterocycles. The Balaban J connectivity index is 1.98. The minimum atomic E-state index is -1.78. The van der Waals surface area contributed by atoms with Crippen molar-refractivity contribution in [3.8, 4) is 5.75 Å².